The second-order valence-corrected chi connectivity index (χ2v) is 8.51. The van der Waals surface area contributed by atoms with Crippen LogP contribution in [0.3, 0.4) is 0 Å². The van der Waals surface area contributed by atoms with Gasteiger partial charge in [0.25, 0.3) is 0 Å². The Morgan fingerprint density at radius 2 is 1.66 bits per heavy atom. The van der Waals surface area contributed by atoms with Gasteiger partial charge in [0.2, 0.25) is 17.7 Å². The van der Waals surface area contributed by atoms with Gasteiger partial charge in [0.05, 0.1) is 6.04 Å². The Labute approximate surface area is 176 Å². The van der Waals surface area contributed by atoms with E-state index in [-0.39, 0.29) is 17.7 Å². The van der Waals surface area contributed by atoms with E-state index < -0.39 is 24.0 Å². The van der Waals surface area contributed by atoms with Crippen molar-refractivity contribution in [3.05, 3.63) is 0 Å². The topological polar surface area (TPSA) is 131 Å². The van der Waals surface area contributed by atoms with E-state index in [1.807, 2.05) is 20.8 Å². The fourth-order valence-electron chi connectivity index (χ4n) is 3.10. The summed E-state index contributed by atoms with van der Waals surface area (Å²) in [6.45, 7) is 12.9. The Hall–Kier alpha value is -1.67. The first-order chi connectivity index (χ1) is 13.5. The Morgan fingerprint density at radius 1 is 1.03 bits per heavy atom. The van der Waals surface area contributed by atoms with Gasteiger partial charge in [-0.15, -0.1) is 0 Å². The van der Waals surface area contributed by atoms with Gasteiger partial charge in [-0.1, -0.05) is 34.6 Å². The van der Waals surface area contributed by atoms with Crippen molar-refractivity contribution in [2.45, 2.75) is 97.8 Å². The Kier molecular flexibility index (Phi) is 13.5. The molecule has 3 atom stereocenters. The molecule has 8 nitrogen and oxygen atoms in total. The minimum atomic E-state index is -0.728. The number of primary amides is 1. The first-order valence-corrected chi connectivity index (χ1v) is 10.9. The third kappa shape index (κ3) is 11.2. The number of rotatable bonds is 15. The largest absolute Gasteiger partial charge is 0.368 e. The van der Waals surface area contributed by atoms with Crippen LogP contribution >= 0.6 is 0 Å². The summed E-state index contributed by atoms with van der Waals surface area (Å²) < 4.78 is 0. The van der Waals surface area contributed by atoms with E-state index in [0.29, 0.717) is 31.8 Å². The molecule has 8 heteroatoms. The van der Waals surface area contributed by atoms with Crippen molar-refractivity contribution in [2.75, 3.05) is 13.1 Å². The molecule has 0 aromatic carbocycles. The lowest BCUT2D eigenvalue weighted by Crippen LogP contribution is -2.56. The van der Waals surface area contributed by atoms with E-state index in [1.54, 1.807) is 6.92 Å². The van der Waals surface area contributed by atoms with Crippen LogP contribution in [0.1, 0.15) is 73.6 Å². The fraction of sp³-hybridized carbons (Fsp3) is 0.857. The molecule has 0 aliphatic carbocycles. The molecule has 0 rings (SSSR count). The maximum atomic E-state index is 13.2. The van der Waals surface area contributed by atoms with E-state index in [2.05, 4.69) is 24.5 Å². The molecule has 0 heterocycles. The molecule has 6 N–H and O–H groups in total. The van der Waals surface area contributed by atoms with Gasteiger partial charge in [0, 0.05) is 12.6 Å². The predicted molar refractivity (Wildman–Crippen MR) is 117 cm³/mol. The van der Waals surface area contributed by atoms with Gasteiger partial charge in [0.15, 0.2) is 0 Å². The molecule has 0 aromatic rings. The quantitative estimate of drug-likeness (QED) is 0.299. The summed E-state index contributed by atoms with van der Waals surface area (Å²) in [5.74, 6) is -0.895. The molecule has 0 bridgehead atoms. The number of hydrogen-bond donors (Lipinski definition) is 4. The molecule has 3 amide bonds. The number of unbranched alkanes of at least 4 members (excludes halogenated alkanes) is 1. The normalized spacial score (nSPS) is 14.5. The van der Waals surface area contributed by atoms with Crippen LogP contribution in [0.15, 0.2) is 0 Å². The van der Waals surface area contributed by atoms with Gasteiger partial charge in [-0.25, -0.2) is 0 Å². The van der Waals surface area contributed by atoms with Crippen molar-refractivity contribution in [2.24, 2.45) is 17.4 Å². The van der Waals surface area contributed by atoms with Gasteiger partial charge in [-0.3, -0.25) is 14.4 Å². The fourth-order valence-corrected chi connectivity index (χ4v) is 3.10. The van der Waals surface area contributed by atoms with Gasteiger partial charge in [0.1, 0.15) is 12.1 Å². The van der Waals surface area contributed by atoms with E-state index in [9.17, 15) is 14.4 Å². The molecule has 0 spiro atoms. The van der Waals surface area contributed by atoms with Crippen LogP contribution in [0.5, 0.6) is 0 Å². The molecule has 0 saturated heterocycles. The van der Waals surface area contributed by atoms with Crippen molar-refractivity contribution >= 4 is 17.7 Å². The smallest absolute Gasteiger partial charge is 0.245 e. The Bertz CT molecular complexity index is 511. The SMILES string of the molecule is CCCN(C(=O)[C@H](CCCCNC(C)C)NC(=O)[C@@H](N)CC(C)C)[C@H](C)C(N)=O. The molecular weight excluding hydrogens is 370 g/mol. The highest BCUT2D eigenvalue weighted by Gasteiger charge is 2.31. The third-order valence-electron chi connectivity index (χ3n) is 4.78. The predicted octanol–water partition coefficient (Wildman–Crippen LogP) is 1.13. The zero-order valence-corrected chi connectivity index (χ0v) is 19.2. The summed E-state index contributed by atoms with van der Waals surface area (Å²) in [4.78, 5) is 38.9. The molecule has 0 fully saturated rings. The average molecular weight is 414 g/mol. The van der Waals surface area contributed by atoms with E-state index >= 15 is 0 Å². The van der Waals surface area contributed by atoms with Crippen molar-refractivity contribution < 1.29 is 14.4 Å². The first kappa shape index (κ1) is 27.3. The highest BCUT2D eigenvalue weighted by atomic mass is 16.2. The van der Waals surface area contributed by atoms with Crippen LogP contribution in [0.2, 0.25) is 0 Å². The molecule has 0 unspecified atom stereocenters. The number of nitrogens with two attached hydrogens (primary N) is 2. The summed E-state index contributed by atoms with van der Waals surface area (Å²) in [6.07, 6.45) is 3.37. The first-order valence-electron chi connectivity index (χ1n) is 10.9. The van der Waals surface area contributed by atoms with Crippen LogP contribution in [0.25, 0.3) is 0 Å². The van der Waals surface area contributed by atoms with Crippen molar-refractivity contribution in [3.63, 3.8) is 0 Å². The van der Waals surface area contributed by atoms with Gasteiger partial charge in [-0.05, 0) is 51.5 Å². The average Bonchev–Trinajstić information content (AvgIpc) is 2.62. The molecule has 0 aliphatic heterocycles. The third-order valence-corrected chi connectivity index (χ3v) is 4.78. The summed E-state index contributed by atoms with van der Waals surface area (Å²) in [5.41, 5.74) is 11.4. The second-order valence-electron chi connectivity index (χ2n) is 8.51. The van der Waals surface area contributed by atoms with Crippen molar-refractivity contribution in [1.29, 1.82) is 0 Å². The van der Waals surface area contributed by atoms with Crippen molar-refractivity contribution in [1.82, 2.24) is 15.5 Å². The molecule has 0 radical (unpaired) electrons. The lowest BCUT2D eigenvalue weighted by atomic mass is 10.0. The minimum absolute atomic E-state index is 0.276. The van der Waals surface area contributed by atoms with Crippen LogP contribution in [-0.2, 0) is 14.4 Å². The summed E-state index contributed by atoms with van der Waals surface area (Å²) in [7, 11) is 0. The van der Waals surface area contributed by atoms with Gasteiger partial charge >= 0.3 is 0 Å². The van der Waals surface area contributed by atoms with Crippen molar-refractivity contribution in [3.8, 4) is 0 Å². The summed E-state index contributed by atoms with van der Waals surface area (Å²) in [5, 5.41) is 6.17. The molecular formula is C21H43N5O3. The number of carbonyl (C=O) groups excluding carboxylic acids is 3. The molecule has 170 valence electrons. The highest BCUT2D eigenvalue weighted by molar-refractivity contribution is 5.92. The molecule has 0 aromatic heterocycles. The zero-order valence-electron chi connectivity index (χ0n) is 19.2. The van der Waals surface area contributed by atoms with Crippen LogP contribution in [0, 0.1) is 5.92 Å². The standard InChI is InChI=1S/C21H43N5O3/c1-7-12-26(16(6)19(23)27)21(29)18(10-8-9-11-24-15(4)5)25-20(28)17(22)13-14(2)3/h14-18,24H,7-13,22H2,1-6H3,(H2,23,27)(H,25,28)/t16-,17+,18+/m1/s1. The number of carbonyl (C=O) groups is 3. The molecule has 29 heavy (non-hydrogen) atoms. The van der Waals surface area contributed by atoms with Crippen LogP contribution in [-0.4, -0.2) is 59.9 Å². The van der Waals surface area contributed by atoms with Gasteiger partial charge < -0.3 is 27.0 Å². The summed E-state index contributed by atoms with van der Waals surface area (Å²) >= 11 is 0. The number of nitrogens with zero attached hydrogens (tertiary/aromatic N) is 1. The summed E-state index contributed by atoms with van der Waals surface area (Å²) in [6, 6.07) is -1.71. The van der Waals surface area contributed by atoms with Gasteiger partial charge in [-0.2, -0.15) is 0 Å². The number of hydrogen-bond acceptors (Lipinski definition) is 5. The maximum absolute atomic E-state index is 13.2. The number of amides is 3. The second kappa shape index (κ2) is 14.3. The lowest BCUT2D eigenvalue weighted by molar-refractivity contribution is -0.142. The van der Waals surface area contributed by atoms with Crippen LogP contribution in [0.4, 0.5) is 0 Å². The number of nitrogens with one attached hydrogen (secondary N) is 2. The Morgan fingerprint density at radius 3 is 2.14 bits per heavy atom. The lowest BCUT2D eigenvalue weighted by Gasteiger charge is -2.31. The monoisotopic (exact) mass is 413 g/mol. The van der Waals surface area contributed by atoms with E-state index in [0.717, 1.165) is 19.4 Å². The Balaban J connectivity index is 5.22. The maximum Gasteiger partial charge on any atom is 0.245 e. The minimum Gasteiger partial charge on any atom is -0.368 e. The highest BCUT2D eigenvalue weighted by Crippen LogP contribution is 2.11. The van der Waals surface area contributed by atoms with E-state index in [4.69, 9.17) is 11.5 Å². The van der Waals surface area contributed by atoms with Crippen LogP contribution < -0.4 is 22.1 Å². The zero-order chi connectivity index (χ0) is 22.6. The van der Waals surface area contributed by atoms with E-state index in [1.165, 1.54) is 4.90 Å². The molecule has 0 aliphatic rings. The molecule has 0 saturated carbocycles.